The van der Waals surface area contributed by atoms with E-state index in [4.69, 9.17) is 10.5 Å². The van der Waals surface area contributed by atoms with Gasteiger partial charge in [0, 0.05) is 5.54 Å². The van der Waals surface area contributed by atoms with Crippen LogP contribution < -0.4 is 10.5 Å². The van der Waals surface area contributed by atoms with Gasteiger partial charge in [0.15, 0.2) is 0 Å². The van der Waals surface area contributed by atoms with Crippen LogP contribution in [0.25, 0.3) is 0 Å². The van der Waals surface area contributed by atoms with Crippen LogP contribution >= 0.6 is 0 Å². The van der Waals surface area contributed by atoms with Crippen LogP contribution in [0.1, 0.15) is 44.1 Å². The van der Waals surface area contributed by atoms with Crippen molar-refractivity contribution in [3.8, 4) is 5.75 Å². The number of benzene rings is 1. The highest BCUT2D eigenvalue weighted by Crippen LogP contribution is 2.60. The molecule has 2 aliphatic rings. The number of ether oxygens (including phenoxy) is 1. The first-order valence-electron chi connectivity index (χ1n) is 6.59. The standard InChI is InChI=1S/C15H21NO/c1-17-13-6-4-5-12(9-13)15(16)10-14(11-15)7-2-3-8-14/h4-6,9H,2-3,7-8,10-11,16H2,1H3. The zero-order valence-corrected chi connectivity index (χ0v) is 10.5. The summed E-state index contributed by atoms with van der Waals surface area (Å²) in [6.45, 7) is 0. The van der Waals surface area contributed by atoms with Gasteiger partial charge in [-0.15, -0.1) is 0 Å². The summed E-state index contributed by atoms with van der Waals surface area (Å²) in [7, 11) is 1.71. The lowest BCUT2D eigenvalue weighted by molar-refractivity contribution is 0.0311. The minimum absolute atomic E-state index is 0.0983. The highest BCUT2D eigenvalue weighted by molar-refractivity contribution is 5.36. The number of hydrogen-bond acceptors (Lipinski definition) is 2. The maximum atomic E-state index is 6.55. The molecule has 0 aromatic heterocycles. The molecule has 2 fully saturated rings. The third-order valence-corrected chi connectivity index (χ3v) is 4.69. The molecule has 2 aliphatic carbocycles. The summed E-state index contributed by atoms with van der Waals surface area (Å²) >= 11 is 0. The number of methoxy groups -OCH3 is 1. The smallest absolute Gasteiger partial charge is 0.119 e. The molecule has 1 spiro atoms. The Hall–Kier alpha value is -1.02. The quantitative estimate of drug-likeness (QED) is 0.848. The molecule has 3 rings (SSSR count). The van der Waals surface area contributed by atoms with Crippen LogP contribution in [0.5, 0.6) is 5.75 Å². The van der Waals surface area contributed by atoms with Crippen LogP contribution in [0.2, 0.25) is 0 Å². The summed E-state index contributed by atoms with van der Waals surface area (Å²) in [4.78, 5) is 0. The molecule has 0 bridgehead atoms. The van der Waals surface area contributed by atoms with Crippen molar-refractivity contribution in [2.24, 2.45) is 11.1 Å². The lowest BCUT2D eigenvalue weighted by atomic mass is 9.54. The fourth-order valence-electron chi connectivity index (χ4n) is 3.90. The van der Waals surface area contributed by atoms with Gasteiger partial charge in [-0.05, 0) is 48.8 Å². The average Bonchev–Trinajstić information content (AvgIpc) is 2.77. The normalized spacial score (nSPS) is 24.6. The van der Waals surface area contributed by atoms with E-state index in [9.17, 15) is 0 Å². The highest BCUT2D eigenvalue weighted by atomic mass is 16.5. The Labute approximate surface area is 103 Å². The molecule has 2 nitrogen and oxygen atoms in total. The molecule has 0 amide bonds. The van der Waals surface area contributed by atoms with Crippen LogP contribution in [0, 0.1) is 5.41 Å². The van der Waals surface area contributed by atoms with E-state index in [1.165, 1.54) is 31.2 Å². The van der Waals surface area contributed by atoms with Crippen molar-refractivity contribution >= 4 is 0 Å². The Morgan fingerprint density at radius 3 is 2.53 bits per heavy atom. The van der Waals surface area contributed by atoms with Crippen LogP contribution in [-0.4, -0.2) is 7.11 Å². The Kier molecular flexibility index (Phi) is 2.44. The van der Waals surface area contributed by atoms with Gasteiger partial charge in [0.05, 0.1) is 7.11 Å². The third-order valence-electron chi connectivity index (χ3n) is 4.69. The predicted octanol–water partition coefficient (Wildman–Crippen LogP) is 3.20. The zero-order valence-electron chi connectivity index (χ0n) is 10.5. The lowest BCUT2D eigenvalue weighted by Gasteiger charge is -2.53. The molecule has 92 valence electrons. The molecule has 0 unspecified atom stereocenters. The van der Waals surface area contributed by atoms with E-state index in [2.05, 4.69) is 12.1 Å². The second-order valence-electron chi connectivity index (χ2n) is 5.95. The Bertz CT molecular complexity index is 413. The zero-order chi connectivity index (χ0) is 11.9. The molecular weight excluding hydrogens is 210 g/mol. The SMILES string of the molecule is COc1cccc(C2(N)CC3(CCCC3)C2)c1. The van der Waals surface area contributed by atoms with Gasteiger partial charge in [0.2, 0.25) is 0 Å². The molecule has 17 heavy (non-hydrogen) atoms. The van der Waals surface area contributed by atoms with E-state index in [1.807, 2.05) is 12.1 Å². The van der Waals surface area contributed by atoms with Crippen LogP contribution in [0.3, 0.4) is 0 Å². The van der Waals surface area contributed by atoms with E-state index in [-0.39, 0.29) is 5.54 Å². The monoisotopic (exact) mass is 231 g/mol. The van der Waals surface area contributed by atoms with E-state index >= 15 is 0 Å². The fraction of sp³-hybridized carbons (Fsp3) is 0.600. The second-order valence-corrected chi connectivity index (χ2v) is 5.95. The van der Waals surface area contributed by atoms with E-state index in [1.54, 1.807) is 7.11 Å². The Morgan fingerprint density at radius 2 is 1.88 bits per heavy atom. The Morgan fingerprint density at radius 1 is 1.18 bits per heavy atom. The molecule has 2 heteroatoms. The van der Waals surface area contributed by atoms with Crippen molar-refractivity contribution in [3.63, 3.8) is 0 Å². The van der Waals surface area contributed by atoms with Gasteiger partial charge in [-0.2, -0.15) is 0 Å². The summed E-state index contributed by atoms with van der Waals surface area (Å²) in [6, 6.07) is 8.27. The van der Waals surface area contributed by atoms with Crippen LogP contribution in [0.15, 0.2) is 24.3 Å². The minimum Gasteiger partial charge on any atom is -0.497 e. The summed E-state index contributed by atoms with van der Waals surface area (Å²) in [5, 5.41) is 0. The largest absolute Gasteiger partial charge is 0.497 e. The van der Waals surface area contributed by atoms with Gasteiger partial charge in [0.1, 0.15) is 5.75 Å². The molecular formula is C15H21NO. The topological polar surface area (TPSA) is 35.2 Å². The van der Waals surface area contributed by atoms with Crippen molar-refractivity contribution < 1.29 is 4.74 Å². The maximum Gasteiger partial charge on any atom is 0.119 e. The third kappa shape index (κ3) is 1.75. The average molecular weight is 231 g/mol. The van der Waals surface area contributed by atoms with E-state index in [0.717, 1.165) is 18.6 Å². The molecule has 0 saturated heterocycles. The first-order valence-corrected chi connectivity index (χ1v) is 6.59. The number of nitrogens with two attached hydrogens (primary N) is 1. The highest BCUT2D eigenvalue weighted by Gasteiger charge is 2.53. The molecule has 0 aliphatic heterocycles. The fourth-order valence-corrected chi connectivity index (χ4v) is 3.90. The summed E-state index contributed by atoms with van der Waals surface area (Å²) < 4.78 is 5.28. The van der Waals surface area contributed by atoms with Crippen LogP contribution in [0.4, 0.5) is 0 Å². The van der Waals surface area contributed by atoms with Gasteiger partial charge in [-0.3, -0.25) is 0 Å². The maximum absolute atomic E-state index is 6.55. The molecule has 0 heterocycles. The van der Waals surface area contributed by atoms with Crippen molar-refractivity contribution in [2.75, 3.05) is 7.11 Å². The molecule has 2 saturated carbocycles. The van der Waals surface area contributed by atoms with E-state index in [0.29, 0.717) is 5.41 Å². The molecule has 2 N–H and O–H groups in total. The summed E-state index contributed by atoms with van der Waals surface area (Å²) in [6.07, 6.45) is 7.88. The van der Waals surface area contributed by atoms with Gasteiger partial charge < -0.3 is 10.5 Å². The van der Waals surface area contributed by atoms with Crippen molar-refractivity contribution in [2.45, 2.75) is 44.1 Å². The van der Waals surface area contributed by atoms with Gasteiger partial charge in [-0.1, -0.05) is 25.0 Å². The number of rotatable bonds is 2. The van der Waals surface area contributed by atoms with Gasteiger partial charge in [-0.25, -0.2) is 0 Å². The van der Waals surface area contributed by atoms with Crippen molar-refractivity contribution in [3.05, 3.63) is 29.8 Å². The number of hydrogen-bond donors (Lipinski definition) is 1. The Balaban J connectivity index is 1.80. The first-order chi connectivity index (χ1) is 8.16. The van der Waals surface area contributed by atoms with Gasteiger partial charge in [0.25, 0.3) is 0 Å². The lowest BCUT2D eigenvalue weighted by Crippen LogP contribution is -2.54. The van der Waals surface area contributed by atoms with Crippen molar-refractivity contribution in [1.82, 2.24) is 0 Å². The van der Waals surface area contributed by atoms with E-state index < -0.39 is 0 Å². The summed E-state index contributed by atoms with van der Waals surface area (Å²) in [5.74, 6) is 0.916. The van der Waals surface area contributed by atoms with Crippen LogP contribution in [-0.2, 0) is 5.54 Å². The first kappa shape index (κ1) is 11.1. The molecule has 1 aromatic rings. The van der Waals surface area contributed by atoms with Gasteiger partial charge >= 0.3 is 0 Å². The molecule has 0 radical (unpaired) electrons. The summed E-state index contributed by atoms with van der Waals surface area (Å²) in [5.41, 5.74) is 8.27. The van der Waals surface area contributed by atoms with Crippen molar-refractivity contribution in [1.29, 1.82) is 0 Å². The predicted molar refractivity (Wildman–Crippen MR) is 69.0 cm³/mol. The molecule has 0 atom stereocenters. The minimum atomic E-state index is -0.0983. The second kappa shape index (κ2) is 3.74. The molecule has 1 aromatic carbocycles.